The van der Waals surface area contributed by atoms with Gasteiger partial charge in [0.05, 0.1) is 4.92 Å². The Hall–Kier alpha value is -1.22. The second kappa shape index (κ2) is 6.49. The summed E-state index contributed by atoms with van der Waals surface area (Å²) in [6.45, 7) is 3.05. The number of benzene rings is 1. The number of nitro benzene ring substituents is 1. The first-order valence-corrected chi connectivity index (χ1v) is 7.34. The van der Waals surface area contributed by atoms with Crippen molar-refractivity contribution in [1.29, 1.82) is 0 Å². The van der Waals surface area contributed by atoms with Gasteiger partial charge < -0.3 is 5.32 Å². The lowest BCUT2D eigenvalue weighted by Crippen LogP contribution is -2.51. The van der Waals surface area contributed by atoms with Gasteiger partial charge in [-0.05, 0) is 13.0 Å². The topological polar surface area (TPSA) is 92.5 Å². The first-order valence-electron chi connectivity index (χ1n) is 5.90. The van der Waals surface area contributed by atoms with Crippen LogP contribution in [0.25, 0.3) is 0 Å². The lowest BCUT2D eigenvalue weighted by atomic mass is 10.3. The van der Waals surface area contributed by atoms with E-state index in [4.69, 9.17) is 0 Å². The van der Waals surface area contributed by atoms with E-state index in [0.717, 1.165) is 0 Å². The van der Waals surface area contributed by atoms with Crippen LogP contribution in [0.1, 0.15) is 6.92 Å². The van der Waals surface area contributed by atoms with Crippen molar-refractivity contribution in [1.82, 2.24) is 9.62 Å². The third kappa shape index (κ3) is 3.26. The molecular formula is C11H16ClN3O4S. The predicted molar refractivity (Wildman–Crippen MR) is 76.6 cm³/mol. The summed E-state index contributed by atoms with van der Waals surface area (Å²) in [4.78, 5) is 10.0. The summed E-state index contributed by atoms with van der Waals surface area (Å²) in [6, 6.07) is 5.47. The highest BCUT2D eigenvalue weighted by Crippen LogP contribution is 2.26. The SMILES string of the molecule is CC1CN(S(=O)(=O)c2ccccc2[N+](=O)[O-])CCN1.Cl. The summed E-state index contributed by atoms with van der Waals surface area (Å²) in [6.07, 6.45) is 0. The predicted octanol–water partition coefficient (Wildman–Crippen LogP) is 0.999. The standard InChI is InChI=1S/C11H15N3O4S.ClH/c1-9-8-13(7-6-12-9)19(17,18)11-5-3-2-4-10(11)14(15)16;/h2-5,9,12H,6-8H2,1H3;1H. The van der Waals surface area contributed by atoms with Crippen molar-refractivity contribution in [3.63, 3.8) is 0 Å². The molecule has 9 heteroatoms. The Labute approximate surface area is 123 Å². The van der Waals surface area contributed by atoms with Crippen molar-refractivity contribution in [3.05, 3.63) is 34.4 Å². The summed E-state index contributed by atoms with van der Waals surface area (Å²) in [5, 5.41) is 14.1. The average molecular weight is 322 g/mol. The van der Waals surface area contributed by atoms with Crippen LogP contribution in [0.4, 0.5) is 5.69 Å². The number of nitro groups is 1. The van der Waals surface area contributed by atoms with Gasteiger partial charge in [0.1, 0.15) is 0 Å². The fourth-order valence-corrected chi connectivity index (χ4v) is 3.77. The molecule has 0 bridgehead atoms. The Balaban J connectivity index is 0.00000200. The minimum absolute atomic E-state index is 0. The van der Waals surface area contributed by atoms with Crippen LogP contribution >= 0.6 is 12.4 Å². The van der Waals surface area contributed by atoms with E-state index in [0.29, 0.717) is 19.6 Å². The van der Waals surface area contributed by atoms with Gasteiger partial charge in [0.2, 0.25) is 10.0 Å². The molecule has 1 fully saturated rings. The van der Waals surface area contributed by atoms with E-state index < -0.39 is 14.9 Å². The molecular weight excluding hydrogens is 306 g/mol. The van der Waals surface area contributed by atoms with E-state index in [1.54, 1.807) is 0 Å². The Kier molecular flexibility index (Phi) is 5.46. The Morgan fingerprint density at radius 1 is 1.40 bits per heavy atom. The van der Waals surface area contributed by atoms with Crippen molar-refractivity contribution in [2.45, 2.75) is 17.9 Å². The molecule has 1 atom stereocenters. The highest BCUT2D eigenvalue weighted by atomic mass is 35.5. The molecule has 1 unspecified atom stereocenters. The van der Waals surface area contributed by atoms with E-state index in [2.05, 4.69) is 5.32 Å². The number of para-hydroxylation sites is 1. The van der Waals surface area contributed by atoms with E-state index in [9.17, 15) is 18.5 Å². The quantitative estimate of drug-likeness (QED) is 0.662. The monoisotopic (exact) mass is 321 g/mol. The van der Waals surface area contributed by atoms with Crippen LogP contribution in [0, 0.1) is 10.1 Å². The zero-order valence-electron chi connectivity index (χ0n) is 10.9. The Morgan fingerprint density at radius 2 is 2.05 bits per heavy atom. The van der Waals surface area contributed by atoms with E-state index in [1.807, 2.05) is 6.92 Å². The van der Waals surface area contributed by atoms with Crippen LogP contribution in [-0.4, -0.2) is 43.3 Å². The third-order valence-electron chi connectivity index (χ3n) is 3.01. The molecule has 1 N–H and O–H groups in total. The van der Waals surface area contributed by atoms with E-state index in [1.165, 1.54) is 28.6 Å². The highest BCUT2D eigenvalue weighted by molar-refractivity contribution is 7.89. The van der Waals surface area contributed by atoms with Crippen LogP contribution in [0.3, 0.4) is 0 Å². The fourth-order valence-electron chi connectivity index (χ4n) is 2.08. The molecule has 1 saturated heterocycles. The molecule has 0 amide bonds. The maximum Gasteiger partial charge on any atom is 0.289 e. The summed E-state index contributed by atoms with van der Waals surface area (Å²) in [5.74, 6) is 0. The van der Waals surface area contributed by atoms with Gasteiger partial charge in [-0.1, -0.05) is 12.1 Å². The third-order valence-corrected chi connectivity index (χ3v) is 4.92. The van der Waals surface area contributed by atoms with Gasteiger partial charge in [0.15, 0.2) is 4.90 Å². The molecule has 0 saturated carbocycles. The molecule has 1 heterocycles. The second-order valence-corrected chi connectivity index (χ2v) is 6.35. The summed E-state index contributed by atoms with van der Waals surface area (Å²) in [7, 11) is -3.82. The minimum atomic E-state index is -3.82. The minimum Gasteiger partial charge on any atom is -0.312 e. The lowest BCUT2D eigenvalue weighted by molar-refractivity contribution is -0.387. The lowest BCUT2D eigenvalue weighted by Gasteiger charge is -2.30. The van der Waals surface area contributed by atoms with Crippen molar-refractivity contribution < 1.29 is 13.3 Å². The smallest absolute Gasteiger partial charge is 0.289 e. The van der Waals surface area contributed by atoms with Gasteiger partial charge in [-0.15, -0.1) is 12.4 Å². The van der Waals surface area contributed by atoms with Gasteiger partial charge in [-0.3, -0.25) is 10.1 Å². The molecule has 20 heavy (non-hydrogen) atoms. The van der Waals surface area contributed by atoms with E-state index >= 15 is 0 Å². The number of hydrogen-bond donors (Lipinski definition) is 1. The normalized spacial score (nSPS) is 20.1. The van der Waals surface area contributed by atoms with Crippen LogP contribution in [0.15, 0.2) is 29.2 Å². The van der Waals surface area contributed by atoms with Crippen molar-refractivity contribution in [2.24, 2.45) is 0 Å². The zero-order chi connectivity index (χ0) is 14.0. The van der Waals surface area contributed by atoms with Crippen LogP contribution in [0.5, 0.6) is 0 Å². The van der Waals surface area contributed by atoms with Crippen molar-refractivity contribution in [2.75, 3.05) is 19.6 Å². The molecule has 1 aromatic carbocycles. The average Bonchev–Trinajstić information content (AvgIpc) is 2.38. The molecule has 0 radical (unpaired) electrons. The molecule has 0 aliphatic carbocycles. The maximum atomic E-state index is 12.5. The van der Waals surface area contributed by atoms with Crippen LogP contribution < -0.4 is 5.32 Å². The number of rotatable bonds is 3. The summed E-state index contributed by atoms with van der Waals surface area (Å²) < 4.78 is 26.2. The molecule has 1 aliphatic heterocycles. The van der Waals surface area contributed by atoms with Gasteiger partial charge in [-0.2, -0.15) is 4.31 Å². The zero-order valence-corrected chi connectivity index (χ0v) is 12.5. The fraction of sp³-hybridized carbons (Fsp3) is 0.455. The molecule has 0 spiro atoms. The Bertz CT molecular complexity index is 593. The first-order chi connectivity index (χ1) is 8.93. The molecule has 2 rings (SSSR count). The molecule has 7 nitrogen and oxygen atoms in total. The second-order valence-electron chi connectivity index (χ2n) is 4.44. The van der Waals surface area contributed by atoms with Gasteiger partial charge in [-0.25, -0.2) is 8.42 Å². The molecule has 1 aromatic rings. The molecule has 0 aromatic heterocycles. The summed E-state index contributed by atoms with van der Waals surface area (Å²) >= 11 is 0. The molecule has 112 valence electrons. The van der Waals surface area contributed by atoms with Crippen LogP contribution in [0.2, 0.25) is 0 Å². The summed E-state index contributed by atoms with van der Waals surface area (Å²) in [5.41, 5.74) is -0.381. The van der Waals surface area contributed by atoms with Gasteiger partial charge in [0, 0.05) is 31.7 Å². The number of hydrogen-bond acceptors (Lipinski definition) is 5. The Morgan fingerprint density at radius 3 is 2.65 bits per heavy atom. The van der Waals surface area contributed by atoms with Crippen molar-refractivity contribution >= 4 is 28.1 Å². The number of nitrogens with zero attached hydrogens (tertiary/aromatic N) is 2. The first kappa shape index (κ1) is 16.8. The van der Waals surface area contributed by atoms with Crippen LogP contribution in [-0.2, 0) is 10.0 Å². The highest BCUT2D eigenvalue weighted by Gasteiger charge is 2.33. The van der Waals surface area contributed by atoms with Crippen molar-refractivity contribution in [3.8, 4) is 0 Å². The van der Waals surface area contributed by atoms with Gasteiger partial charge in [0.25, 0.3) is 5.69 Å². The number of piperazine rings is 1. The maximum absolute atomic E-state index is 12.5. The number of nitrogens with one attached hydrogen (secondary N) is 1. The van der Waals surface area contributed by atoms with Gasteiger partial charge >= 0.3 is 0 Å². The number of sulfonamides is 1. The number of halogens is 1. The largest absolute Gasteiger partial charge is 0.312 e. The van der Waals surface area contributed by atoms with E-state index in [-0.39, 0.29) is 29.0 Å². The molecule has 1 aliphatic rings.